The molecule has 1 atom stereocenters. The number of amides is 2. The van der Waals surface area contributed by atoms with Crippen LogP contribution in [0.2, 0.25) is 0 Å². The van der Waals surface area contributed by atoms with Gasteiger partial charge in [0, 0.05) is 4.47 Å². The molecule has 7 nitrogen and oxygen atoms in total. The van der Waals surface area contributed by atoms with Crippen molar-refractivity contribution in [3.05, 3.63) is 34.3 Å². The second kappa shape index (κ2) is 9.27. The highest BCUT2D eigenvalue weighted by molar-refractivity contribution is 9.10. The van der Waals surface area contributed by atoms with E-state index in [9.17, 15) is 14.4 Å². The van der Waals surface area contributed by atoms with Gasteiger partial charge in [0.2, 0.25) is 0 Å². The molecule has 132 valence electrons. The molecule has 0 saturated carbocycles. The number of hydrogen-bond donors (Lipinski definition) is 2. The van der Waals surface area contributed by atoms with Gasteiger partial charge in [0.1, 0.15) is 6.54 Å². The zero-order valence-corrected chi connectivity index (χ0v) is 15.4. The van der Waals surface area contributed by atoms with Crippen LogP contribution in [0.4, 0.5) is 4.79 Å². The van der Waals surface area contributed by atoms with Crippen molar-refractivity contribution in [3.8, 4) is 0 Å². The van der Waals surface area contributed by atoms with Crippen LogP contribution in [0.15, 0.2) is 28.7 Å². The topological polar surface area (TPSA) is 93.7 Å². The van der Waals surface area contributed by atoms with Crippen molar-refractivity contribution in [1.82, 2.24) is 10.6 Å². The van der Waals surface area contributed by atoms with Gasteiger partial charge in [-0.25, -0.2) is 9.59 Å². The molecule has 0 saturated heterocycles. The van der Waals surface area contributed by atoms with E-state index in [0.29, 0.717) is 5.56 Å². The van der Waals surface area contributed by atoms with Crippen LogP contribution in [-0.4, -0.2) is 37.7 Å². The lowest BCUT2D eigenvalue weighted by atomic mass is 9.92. The normalized spacial score (nSPS) is 12.7. The van der Waals surface area contributed by atoms with Crippen LogP contribution in [0.5, 0.6) is 0 Å². The summed E-state index contributed by atoms with van der Waals surface area (Å²) in [7, 11) is 0. The molecule has 0 fully saturated rings. The molecular formula is C16H21BrN2O5. The van der Waals surface area contributed by atoms with Crippen LogP contribution in [0.25, 0.3) is 0 Å². The standard InChI is InChI=1S/C16H21BrN2O5/c1-4-23-13(20)10-18-15(22)19-16(3,14(21)24-5-2)11-6-8-12(17)9-7-11/h6-9H,4-5,10H2,1-3H3,(H2,18,19,22)/t16-/m0/s1. The Bertz CT molecular complexity index is 591. The van der Waals surface area contributed by atoms with Gasteiger partial charge < -0.3 is 20.1 Å². The van der Waals surface area contributed by atoms with Crippen molar-refractivity contribution >= 4 is 33.9 Å². The summed E-state index contributed by atoms with van der Waals surface area (Å²) < 4.78 is 10.6. The molecule has 1 rings (SSSR count). The maximum atomic E-state index is 12.4. The van der Waals surface area contributed by atoms with Crippen molar-refractivity contribution < 1.29 is 23.9 Å². The van der Waals surface area contributed by atoms with E-state index in [1.54, 1.807) is 38.1 Å². The van der Waals surface area contributed by atoms with Crippen molar-refractivity contribution in [1.29, 1.82) is 0 Å². The summed E-state index contributed by atoms with van der Waals surface area (Å²) in [5, 5.41) is 4.92. The highest BCUT2D eigenvalue weighted by Crippen LogP contribution is 2.24. The van der Waals surface area contributed by atoms with Crippen molar-refractivity contribution in [2.75, 3.05) is 19.8 Å². The van der Waals surface area contributed by atoms with Gasteiger partial charge >= 0.3 is 18.0 Å². The predicted molar refractivity (Wildman–Crippen MR) is 91.3 cm³/mol. The molecule has 24 heavy (non-hydrogen) atoms. The molecular weight excluding hydrogens is 380 g/mol. The Kier molecular flexibility index (Phi) is 7.70. The fraction of sp³-hybridized carbons (Fsp3) is 0.438. The third-order valence-corrected chi connectivity index (χ3v) is 3.70. The number of carbonyl (C=O) groups excluding carboxylic acids is 3. The number of rotatable bonds is 7. The summed E-state index contributed by atoms with van der Waals surface area (Å²) in [6.45, 7) is 5.00. The zero-order valence-electron chi connectivity index (χ0n) is 13.8. The van der Waals surface area contributed by atoms with Gasteiger partial charge in [-0.1, -0.05) is 28.1 Å². The highest BCUT2D eigenvalue weighted by atomic mass is 79.9. The number of benzene rings is 1. The fourth-order valence-electron chi connectivity index (χ4n) is 1.94. The summed E-state index contributed by atoms with van der Waals surface area (Å²) in [5.74, 6) is -1.16. The lowest BCUT2D eigenvalue weighted by Crippen LogP contribution is -2.54. The summed E-state index contributed by atoms with van der Waals surface area (Å²) in [4.78, 5) is 35.7. The highest BCUT2D eigenvalue weighted by Gasteiger charge is 2.38. The molecule has 2 N–H and O–H groups in total. The Labute approximate surface area is 149 Å². The minimum atomic E-state index is -1.39. The van der Waals surface area contributed by atoms with Crippen molar-refractivity contribution in [2.45, 2.75) is 26.3 Å². The minimum Gasteiger partial charge on any atom is -0.465 e. The van der Waals surface area contributed by atoms with Gasteiger partial charge in [-0.15, -0.1) is 0 Å². The van der Waals surface area contributed by atoms with Crippen LogP contribution < -0.4 is 10.6 Å². The lowest BCUT2D eigenvalue weighted by Gasteiger charge is -2.29. The number of nitrogens with one attached hydrogen (secondary N) is 2. The Morgan fingerprint density at radius 2 is 1.67 bits per heavy atom. The van der Waals surface area contributed by atoms with E-state index in [2.05, 4.69) is 26.6 Å². The van der Waals surface area contributed by atoms with E-state index < -0.39 is 23.5 Å². The SMILES string of the molecule is CCOC(=O)CNC(=O)N[C@](C)(C(=O)OCC)c1ccc(Br)cc1. The molecule has 0 heterocycles. The van der Waals surface area contributed by atoms with E-state index in [4.69, 9.17) is 9.47 Å². The minimum absolute atomic E-state index is 0.178. The van der Waals surface area contributed by atoms with E-state index in [1.165, 1.54) is 6.92 Å². The number of urea groups is 1. The van der Waals surface area contributed by atoms with Crippen LogP contribution in [0.1, 0.15) is 26.3 Å². The summed E-state index contributed by atoms with van der Waals surface area (Å²) >= 11 is 3.32. The third kappa shape index (κ3) is 5.52. The quantitative estimate of drug-likeness (QED) is 0.683. The Morgan fingerprint density at radius 1 is 1.08 bits per heavy atom. The Morgan fingerprint density at radius 3 is 2.21 bits per heavy atom. The first-order chi connectivity index (χ1) is 11.3. The third-order valence-electron chi connectivity index (χ3n) is 3.17. The average molecular weight is 401 g/mol. The Hall–Kier alpha value is -2.09. The maximum Gasteiger partial charge on any atom is 0.336 e. The average Bonchev–Trinajstić information content (AvgIpc) is 2.54. The van der Waals surface area contributed by atoms with Crippen LogP contribution >= 0.6 is 15.9 Å². The number of carbonyl (C=O) groups is 3. The van der Waals surface area contributed by atoms with Gasteiger partial charge in [-0.3, -0.25) is 4.79 Å². The molecule has 2 amide bonds. The molecule has 0 aliphatic rings. The number of halogens is 1. The zero-order chi connectivity index (χ0) is 18.2. The van der Waals surface area contributed by atoms with Gasteiger partial charge in [-0.2, -0.15) is 0 Å². The van der Waals surface area contributed by atoms with Crippen LogP contribution in [-0.2, 0) is 24.6 Å². The smallest absolute Gasteiger partial charge is 0.336 e. The summed E-state index contributed by atoms with van der Waals surface area (Å²) in [6, 6.07) is 6.23. The van der Waals surface area contributed by atoms with Crippen LogP contribution in [0.3, 0.4) is 0 Å². The maximum absolute atomic E-state index is 12.4. The molecule has 8 heteroatoms. The first kappa shape index (κ1) is 20.0. The summed E-state index contributed by atoms with van der Waals surface area (Å²) in [6.07, 6.45) is 0. The first-order valence-electron chi connectivity index (χ1n) is 7.48. The van der Waals surface area contributed by atoms with E-state index in [1.807, 2.05) is 0 Å². The molecule has 0 bridgehead atoms. The monoisotopic (exact) mass is 400 g/mol. The molecule has 0 unspecified atom stereocenters. The van der Waals surface area contributed by atoms with Gasteiger partial charge in [0.25, 0.3) is 0 Å². The van der Waals surface area contributed by atoms with Gasteiger partial charge in [0.15, 0.2) is 5.54 Å². The second-order valence-electron chi connectivity index (χ2n) is 4.97. The second-order valence-corrected chi connectivity index (χ2v) is 5.88. The fourth-order valence-corrected chi connectivity index (χ4v) is 2.20. The summed E-state index contributed by atoms with van der Waals surface area (Å²) in [5.41, 5.74) is -0.842. The molecule has 0 aromatic heterocycles. The van der Waals surface area contributed by atoms with Crippen molar-refractivity contribution in [2.24, 2.45) is 0 Å². The van der Waals surface area contributed by atoms with Crippen LogP contribution in [0, 0.1) is 0 Å². The van der Waals surface area contributed by atoms with Gasteiger partial charge in [0.05, 0.1) is 13.2 Å². The molecule has 0 radical (unpaired) electrons. The van der Waals surface area contributed by atoms with E-state index in [-0.39, 0.29) is 19.8 Å². The van der Waals surface area contributed by atoms with Gasteiger partial charge in [-0.05, 0) is 38.5 Å². The molecule has 1 aromatic carbocycles. The number of esters is 2. The lowest BCUT2D eigenvalue weighted by molar-refractivity contribution is -0.150. The first-order valence-corrected chi connectivity index (χ1v) is 8.27. The molecule has 0 aliphatic carbocycles. The molecule has 1 aromatic rings. The molecule has 0 spiro atoms. The number of ether oxygens (including phenoxy) is 2. The largest absolute Gasteiger partial charge is 0.465 e. The molecule has 0 aliphatic heterocycles. The van der Waals surface area contributed by atoms with E-state index >= 15 is 0 Å². The Balaban J connectivity index is 2.90. The number of hydrogen-bond acceptors (Lipinski definition) is 5. The predicted octanol–water partition coefficient (Wildman–Crippen LogP) is 2.09. The van der Waals surface area contributed by atoms with E-state index in [0.717, 1.165) is 4.47 Å². The van der Waals surface area contributed by atoms with Crippen molar-refractivity contribution in [3.63, 3.8) is 0 Å².